The molecule has 5 nitrogen and oxygen atoms in total. The third-order valence-electron chi connectivity index (χ3n) is 3.49. The zero-order chi connectivity index (χ0) is 17.0. The minimum absolute atomic E-state index is 0.574. The largest absolute Gasteiger partial charge is 0.492 e. The van der Waals surface area contributed by atoms with E-state index in [4.69, 9.17) is 9.47 Å². The molecule has 128 valence electrons. The fourth-order valence-corrected chi connectivity index (χ4v) is 2.28. The smallest absolute Gasteiger partial charge is 0.191 e. The van der Waals surface area contributed by atoms with Crippen molar-refractivity contribution in [3.8, 4) is 5.75 Å². The van der Waals surface area contributed by atoms with Gasteiger partial charge in [-0.15, -0.1) is 0 Å². The summed E-state index contributed by atoms with van der Waals surface area (Å²) < 4.78 is 10.9. The molecule has 2 rings (SSSR count). The van der Waals surface area contributed by atoms with Crippen molar-refractivity contribution in [3.05, 3.63) is 65.7 Å². The Bertz CT molecular complexity index is 630. The number of benzene rings is 2. The van der Waals surface area contributed by atoms with Crippen LogP contribution in [0.3, 0.4) is 0 Å². The van der Waals surface area contributed by atoms with Crippen molar-refractivity contribution in [2.75, 3.05) is 27.3 Å². The summed E-state index contributed by atoms with van der Waals surface area (Å²) in [6, 6.07) is 18.0. The Balaban J connectivity index is 1.74. The van der Waals surface area contributed by atoms with Crippen molar-refractivity contribution in [3.63, 3.8) is 0 Å². The van der Waals surface area contributed by atoms with E-state index in [-0.39, 0.29) is 0 Å². The second kappa shape index (κ2) is 10.3. The molecule has 0 radical (unpaired) electrons. The van der Waals surface area contributed by atoms with Gasteiger partial charge in [-0.05, 0) is 23.3 Å². The van der Waals surface area contributed by atoms with Gasteiger partial charge in [0.05, 0.1) is 13.2 Å². The quantitative estimate of drug-likeness (QED) is 0.444. The van der Waals surface area contributed by atoms with Crippen molar-refractivity contribution in [2.45, 2.75) is 13.2 Å². The Labute approximate surface area is 143 Å². The fourth-order valence-electron chi connectivity index (χ4n) is 2.28. The number of hydrogen-bond donors (Lipinski definition) is 2. The molecule has 0 unspecified atom stereocenters. The van der Waals surface area contributed by atoms with E-state index < -0.39 is 0 Å². The maximum atomic E-state index is 5.65. The highest BCUT2D eigenvalue weighted by atomic mass is 16.5. The van der Waals surface area contributed by atoms with E-state index in [1.54, 1.807) is 14.2 Å². The molecule has 5 heteroatoms. The number of guanidine groups is 1. The molecule has 0 atom stereocenters. The average molecular weight is 327 g/mol. The summed E-state index contributed by atoms with van der Waals surface area (Å²) >= 11 is 0. The van der Waals surface area contributed by atoms with E-state index >= 15 is 0 Å². The molecule has 2 aromatic carbocycles. The molecule has 0 bridgehead atoms. The summed E-state index contributed by atoms with van der Waals surface area (Å²) in [4.78, 5) is 4.23. The number of aliphatic imine (C=N–C) groups is 1. The van der Waals surface area contributed by atoms with E-state index in [1.807, 2.05) is 42.5 Å². The van der Waals surface area contributed by atoms with Crippen molar-refractivity contribution < 1.29 is 9.47 Å². The van der Waals surface area contributed by atoms with Crippen LogP contribution < -0.4 is 15.4 Å². The molecule has 2 aromatic rings. The molecule has 0 saturated heterocycles. The van der Waals surface area contributed by atoms with Gasteiger partial charge in [-0.2, -0.15) is 0 Å². The van der Waals surface area contributed by atoms with E-state index in [0.717, 1.165) is 11.7 Å². The first kappa shape index (κ1) is 17.8. The fraction of sp³-hybridized carbons (Fsp3) is 0.316. The molecule has 0 aliphatic carbocycles. The van der Waals surface area contributed by atoms with Gasteiger partial charge in [0.25, 0.3) is 0 Å². The summed E-state index contributed by atoms with van der Waals surface area (Å²) in [7, 11) is 3.46. The normalized spacial score (nSPS) is 11.2. The van der Waals surface area contributed by atoms with Crippen LogP contribution in [0.25, 0.3) is 0 Å². The number of nitrogens with one attached hydrogen (secondary N) is 2. The average Bonchev–Trinajstić information content (AvgIpc) is 2.63. The Morgan fingerprint density at radius 3 is 2.38 bits per heavy atom. The lowest BCUT2D eigenvalue weighted by molar-refractivity contribution is 0.184. The molecular formula is C19H25N3O2. The molecule has 0 heterocycles. The van der Waals surface area contributed by atoms with Crippen LogP contribution in [0, 0.1) is 0 Å². The molecule has 24 heavy (non-hydrogen) atoms. The zero-order valence-corrected chi connectivity index (χ0v) is 14.3. The van der Waals surface area contributed by atoms with E-state index in [1.165, 1.54) is 11.1 Å². The summed E-state index contributed by atoms with van der Waals surface area (Å²) in [5.41, 5.74) is 2.37. The number of methoxy groups -OCH3 is 1. The number of rotatable bonds is 8. The standard InChI is InChI=1S/C19H25N3O2/c1-20-19(21-12-13-24-18-10-4-3-5-11-18)22-14-16-8-6-7-9-17(16)15-23-2/h3-11H,12-15H2,1-2H3,(H2,20,21,22). The molecule has 0 saturated carbocycles. The Kier molecular flexibility index (Phi) is 7.63. The second-order valence-electron chi connectivity index (χ2n) is 5.22. The lowest BCUT2D eigenvalue weighted by atomic mass is 10.1. The van der Waals surface area contributed by atoms with Gasteiger partial charge in [0.15, 0.2) is 5.96 Å². The Morgan fingerprint density at radius 1 is 0.958 bits per heavy atom. The van der Waals surface area contributed by atoms with Gasteiger partial charge < -0.3 is 20.1 Å². The SMILES string of the molecule is CN=C(NCCOc1ccccc1)NCc1ccccc1COC. The van der Waals surface area contributed by atoms with Crippen LogP contribution in [0.2, 0.25) is 0 Å². The zero-order valence-electron chi connectivity index (χ0n) is 14.3. The molecule has 0 aliphatic heterocycles. The first-order valence-electron chi connectivity index (χ1n) is 8.01. The summed E-state index contributed by atoms with van der Waals surface area (Å²) in [6.45, 7) is 2.55. The third-order valence-corrected chi connectivity index (χ3v) is 3.49. The molecule has 0 aromatic heterocycles. The van der Waals surface area contributed by atoms with Crippen LogP contribution in [0.5, 0.6) is 5.75 Å². The van der Waals surface area contributed by atoms with Crippen LogP contribution in [0.15, 0.2) is 59.6 Å². The van der Waals surface area contributed by atoms with Crippen molar-refractivity contribution >= 4 is 5.96 Å². The number of hydrogen-bond acceptors (Lipinski definition) is 3. The van der Waals surface area contributed by atoms with Crippen LogP contribution in [0.1, 0.15) is 11.1 Å². The number of nitrogens with zero attached hydrogens (tertiary/aromatic N) is 1. The minimum atomic E-state index is 0.574. The van der Waals surface area contributed by atoms with Gasteiger partial charge in [-0.1, -0.05) is 42.5 Å². The molecular weight excluding hydrogens is 302 g/mol. The lowest BCUT2D eigenvalue weighted by Gasteiger charge is -2.14. The third kappa shape index (κ3) is 5.93. The van der Waals surface area contributed by atoms with Crippen molar-refractivity contribution in [2.24, 2.45) is 4.99 Å². The predicted octanol–water partition coefficient (Wildman–Crippen LogP) is 2.58. The lowest BCUT2D eigenvalue weighted by Crippen LogP contribution is -2.39. The van der Waals surface area contributed by atoms with Crippen molar-refractivity contribution in [1.29, 1.82) is 0 Å². The molecule has 2 N–H and O–H groups in total. The first-order valence-corrected chi connectivity index (χ1v) is 8.01. The van der Waals surface area contributed by atoms with Crippen molar-refractivity contribution in [1.82, 2.24) is 10.6 Å². The Hall–Kier alpha value is -2.53. The summed E-state index contributed by atoms with van der Waals surface area (Å²) in [5.74, 6) is 1.62. The maximum absolute atomic E-state index is 5.65. The molecule has 0 amide bonds. The molecule has 0 fully saturated rings. The van der Waals surface area contributed by atoms with Crippen LogP contribution >= 0.6 is 0 Å². The van der Waals surface area contributed by atoms with E-state index in [9.17, 15) is 0 Å². The topological polar surface area (TPSA) is 54.9 Å². The second-order valence-corrected chi connectivity index (χ2v) is 5.22. The highest BCUT2D eigenvalue weighted by Crippen LogP contribution is 2.09. The summed E-state index contributed by atoms with van der Waals surface area (Å²) in [6.07, 6.45) is 0. The summed E-state index contributed by atoms with van der Waals surface area (Å²) in [5, 5.41) is 6.55. The van der Waals surface area contributed by atoms with Crippen LogP contribution in [0.4, 0.5) is 0 Å². The predicted molar refractivity (Wildman–Crippen MR) is 97.3 cm³/mol. The maximum Gasteiger partial charge on any atom is 0.191 e. The number of ether oxygens (including phenoxy) is 2. The number of para-hydroxylation sites is 1. The minimum Gasteiger partial charge on any atom is -0.492 e. The Morgan fingerprint density at radius 2 is 1.67 bits per heavy atom. The molecule has 0 spiro atoms. The van der Waals surface area contributed by atoms with Crippen LogP contribution in [-0.2, 0) is 17.9 Å². The van der Waals surface area contributed by atoms with Gasteiger partial charge in [-0.3, -0.25) is 4.99 Å². The van der Waals surface area contributed by atoms with Gasteiger partial charge in [0, 0.05) is 20.7 Å². The van der Waals surface area contributed by atoms with Gasteiger partial charge in [0.2, 0.25) is 0 Å². The van der Waals surface area contributed by atoms with E-state index in [0.29, 0.717) is 26.3 Å². The van der Waals surface area contributed by atoms with Gasteiger partial charge >= 0.3 is 0 Å². The monoisotopic (exact) mass is 327 g/mol. The first-order chi connectivity index (χ1) is 11.8. The highest BCUT2D eigenvalue weighted by molar-refractivity contribution is 5.79. The highest BCUT2D eigenvalue weighted by Gasteiger charge is 2.03. The van der Waals surface area contributed by atoms with E-state index in [2.05, 4.69) is 27.8 Å². The molecule has 0 aliphatic rings. The van der Waals surface area contributed by atoms with Crippen LogP contribution in [-0.4, -0.2) is 33.3 Å². The van der Waals surface area contributed by atoms with Gasteiger partial charge in [0.1, 0.15) is 12.4 Å². The van der Waals surface area contributed by atoms with Gasteiger partial charge in [-0.25, -0.2) is 0 Å².